The van der Waals surface area contributed by atoms with E-state index in [4.69, 9.17) is 11.6 Å². The predicted octanol–water partition coefficient (Wildman–Crippen LogP) is 4.23. The highest BCUT2D eigenvalue weighted by Crippen LogP contribution is 2.42. The van der Waals surface area contributed by atoms with Crippen molar-refractivity contribution < 1.29 is 9.59 Å². The highest BCUT2D eigenvalue weighted by molar-refractivity contribution is 6.30. The standard InChI is InChI=1S/C27H36ClN5O2/c1-18(2)24(31-25(34)20-8-11-23(29-16-20)33-14-5-13-30-33)26(35)32-15-12-22(27(3,4)17-32)19-6-9-21(28)10-7-19/h5-7,9-10,14,16,18,22,24,30H,8,11-13,15,17H2,1-4H3,(H,31,34)/t22-,24-/m1/s1. The molecule has 0 radical (unpaired) electrons. The maximum Gasteiger partial charge on any atom is 0.249 e. The number of amides is 2. The summed E-state index contributed by atoms with van der Waals surface area (Å²) in [7, 11) is 0. The summed E-state index contributed by atoms with van der Waals surface area (Å²) >= 11 is 6.08. The van der Waals surface area contributed by atoms with Gasteiger partial charge in [0.05, 0.1) is 0 Å². The van der Waals surface area contributed by atoms with Gasteiger partial charge in [-0.15, -0.1) is 0 Å². The Kier molecular flexibility index (Phi) is 7.67. The van der Waals surface area contributed by atoms with Gasteiger partial charge in [0.1, 0.15) is 11.9 Å². The van der Waals surface area contributed by atoms with E-state index < -0.39 is 6.04 Å². The van der Waals surface area contributed by atoms with Gasteiger partial charge in [-0.1, -0.05) is 57.5 Å². The summed E-state index contributed by atoms with van der Waals surface area (Å²) in [6, 6.07) is 7.47. The fourth-order valence-corrected chi connectivity index (χ4v) is 5.35. The van der Waals surface area contributed by atoms with Crippen molar-refractivity contribution in [1.82, 2.24) is 20.7 Å². The monoisotopic (exact) mass is 497 g/mol. The first-order valence-electron chi connectivity index (χ1n) is 12.5. The minimum atomic E-state index is -0.570. The van der Waals surface area contributed by atoms with Crippen molar-refractivity contribution in [2.45, 2.75) is 58.9 Å². The molecule has 0 aliphatic carbocycles. The Bertz CT molecular complexity index is 1040. The number of hydrazine groups is 1. The fourth-order valence-electron chi connectivity index (χ4n) is 5.22. The van der Waals surface area contributed by atoms with Crippen LogP contribution in [0.4, 0.5) is 0 Å². The van der Waals surface area contributed by atoms with Crippen LogP contribution >= 0.6 is 11.6 Å². The molecular weight excluding hydrogens is 462 g/mol. The number of piperidine rings is 1. The van der Waals surface area contributed by atoms with Crippen molar-refractivity contribution >= 4 is 29.3 Å². The van der Waals surface area contributed by atoms with Gasteiger partial charge in [0, 0.05) is 49.1 Å². The van der Waals surface area contributed by atoms with Crippen LogP contribution < -0.4 is 10.7 Å². The molecule has 4 rings (SSSR count). The Labute approximate surface area is 213 Å². The van der Waals surface area contributed by atoms with E-state index in [0.29, 0.717) is 37.4 Å². The molecule has 8 heteroatoms. The average Bonchev–Trinajstić information content (AvgIpc) is 3.37. The average molecular weight is 498 g/mol. The van der Waals surface area contributed by atoms with E-state index >= 15 is 0 Å². The SMILES string of the molecule is CC(C)[C@@H](NC(=O)C1=CN=C(N2C=CCN2)CC1)C(=O)N1CC[C@H](c2ccc(Cl)cc2)C(C)(C)C1. The number of nitrogens with zero attached hydrogens (tertiary/aromatic N) is 3. The molecule has 0 spiro atoms. The number of aliphatic imine (C=N–C) groups is 1. The lowest BCUT2D eigenvalue weighted by atomic mass is 9.70. The minimum Gasteiger partial charge on any atom is -0.340 e. The van der Waals surface area contributed by atoms with Crippen LogP contribution in [0, 0.1) is 11.3 Å². The number of carbonyl (C=O) groups excluding carboxylic acids is 2. The zero-order chi connectivity index (χ0) is 25.2. The molecule has 3 heterocycles. The quantitative estimate of drug-likeness (QED) is 0.638. The van der Waals surface area contributed by atoms with Crippen LogP contribution in [0.15, 0.2) is 53.3 Å². The van der Waals surface area contributed by atoms with Gasteiger partial charge in [0.2, 0.25) is 11.8 Å². The maximum absolute atomic E-state index is 13.6. The van der Waals surface area contributed by atoms with E-state index in [0.717, 1.165) is 23.8 Å². The van der Waals surface area contributed by atoms with E-state index in [1.54, 1.807) is 6.20 Å². The normalized spacial score (nSPS) is 22.6. The largest absolute Gasteiger partial charge is 0.340 e. The molecule has 3 aliphatic rings. The van der Waals surface area contributed by atoms with Gasteiger partial charge >= 0.3 is 0 Å². The van der Waals surface area contributed by atoms with Crippen molar-refractivity contribution in [1.29, 1.82) is 0 Å². The van der Waals surface area contributed by atoms with Crippen molar-refractivity contribution in [2.75, 3.05) is 19.6 Å². The number of halogens is 1. The molecule has 1 aromatic carbocycles. The van der Waals surface area contributed by atoms with E-state index in [9.17, 15) is 9.59 Å². The highest BCUT2D eigenvalue weighted by Gasteiger charge is 2.40. The molecule has 2 atom stereocenters. The molecule has 7 nitrogen and oxygen atoms in total. The van der Waals surface area contributed by atoms with Gasteiger partial charge in [0.15, 0.2) is 0 Å². The molecule has 35 heavy (non-hydrogen) atoms. The number of likely N-dealkylation sites (tertiary alicyclic amines) is 1. The number of nitrogens with one attached hydrogen (secondary N) is 2. The molecule has 2 amide bonds. The lowest BCUT2D eigenvalue weighted by Gasteiger charge is -2.45. The Morgan fingerprint density at radius 3 is 2.51 bits per heavy atom. The molecule has 1 saturated heterocycles. The van der Waals surface area contributed by atoms with Crippen LogP contribution in [0.5, 0.6) is 0 Å². The molecule has 3 aliphatic heterocycles. The van der Waals surface area contributed by atoms with Crippen molar-refractivity contribution in [3.63, 3.8) is 0 Å². The van der Waals surface area contributed by atoms with Gasteiger partial charge in [-0.3, -0.25) is 14.6 Å². The van der Waals surface area contributed by atoms with Crippen LogP contribution in [0.1, 0.15) is 58.4 Å². The topological polar surface area (TPSA) is 77.0 Å². The first-order valence-corrected chi connectivity index (χ1v) is 12.8. The first-order chi connectivity index (χ1) is 16.7. The van der Waals surface area contributed by atoms with Crippen molar-refractivity contribution in [2.24, 2.45) is 16.3 Å². The zero-order valence-electron chi connectivity index (χ0n) is 21.1. The second kappa shape index (κ2) is 10.5. The van der Waals surface area contributed by atoms with Gasteiger partial charge in [-0.2, -0.15) is 0 Å². The number of amidine groups is 1. The van der Waals surface area contributed by atoms with Crippen molar-refractivity contribution in [3.05, 3.63) is 58.9 Å². The third-order valence-electron chi connectivity index (χ3n) is 7.22. The highest BCUT2D eigenvalue weighted by atomic mass is 35.5. The lowest BCUT2D eigenvalue weighted by molar-refractivity contribution is -0.140. The van der Waals surface area contributed by atoms with Crippen molar-refractivity contribution in [3.8, 4) is 0 Å². The molecule has 2 N–H and O–H groups in total. The summed E-state index contributed by atoms with van der Waals surface area (Å²) in [6.07, 6.45) is 7.74. The Balaban J connectivity index is 1.41. The molecule has 188 valence electrons. The maximum atomic E-state index is 13.6. The zero-order valence-corrected chi connectivity index (χ0v) is 21.8. The van der Waals surface area contributed by atoms with Crippen LogP contribution in [-0.4, -0.2) is 53.2 Å². The van der Waals surface area contributed by atoms with Crippen LogP contribution in [-0.2, 0) is 9.59 Å². The van der Waals surface area contributed by atoms with E-state index in [2.05, 4.69) is 41.7 Å². The van der Waals surface area contributed by atoms with Gasteiger partial charge < -0.3 is 10.2 Å². The summed E-state index contributed by atoms with van der Waals surface area (Å²) in [5.74, 6) is 0.988. The third-order valence-corrected chi connectivity index (χ3v) is 7.48. The number of hydrogen-bond donors (Lipinski definition) is 2. The third kappa shape index (κ3) is 5.78. The molecule has 0 aromatic heterocycles. The van der Waals surface area contributed by atoms with E-state index in [1.807, 2.05) is 48.2 Å². The van der Waals surface area contributed by atoms with Gasteiger partial charge in [-0.05, 0) is 47.8 Å². The number of rotatable bonds is 5. The molecule has 0 unspecified atom stereocenters. The number of benzene rings is 1. The Morgan fingerprint density at radius 2 is 1.94 bits per heavy atom. The van der Waals surface area contributed by atoms with E-state index in [-0.39, 0.29) is 23.1 Å². The molecule has 1 aromatic rings. The molecular formula is C27H36ClN5O2. The summed E-state index contributed by atoms with van der Waals surface area (Å²) < 4.78 is 0. The fraction of sp³-hybridized carbons (Fsp3) is 0.519. The predicted molar refractivity (Wildman–Crippen MR) is 140 cm³/mol. The number of carbonyl (C=O) groups is 2. The van der Waals surface area contributed by atoms with Gasteiger partial charge in [0.25, 0.3) is 0 Å². The smallest absolute Gasteiger partial charge is 0.249 e. The minimum absolute atomic E-state index is 0.0111. The van der Waals surface area contributed by atoms with Crippen LogP contribution in [0.25, 0.3) is 0 Å². The molecule has 1 fully saturated rings. The second-order valence-electron chi connectivity index (χ2n) is 10.7. The molecule has 0 saturated carbocycles. The Hall–Kier alpha value is -2.64. The number of hydrogen-bond acceptors (Lipinski definition) is 5. The summed E-state index contributed by atoms with van der Waals surface area (Å²) in [4.78, 5) is 33.0. The second-order valence-corrected chi connectivity index (χ2v) is 11.1. The first kappa shape index (κ1) is 25.5. The summed E-state index contributed by atoms with van der Waals surface area (Å²) in [6.45, 7) is 10.5. The van der Waals surface area contributed by atoms with E-state index in [1.165, 1.54) is 5.56 Å². The Morgan fingerprint density at radius 1 is 1.20 bits per heavy atom. The van der Waals surface area contributed by atoms with Crippen LogP contribution in [0.2, 0.25) is 5.02 Å². The lowest BCUT2D eigenvalue weighted by Crippen LogP contribution is -2.56. The van der Waals surface area contributed by atoms with Crippen LogP contribution in [0.3, 0.4) is 0 Å². The summed E-state index contributed by atoms with van der Waals surface area (Å²) in [5, 5.41) is 5.64. The van der Waals surface area contributed by atoms with Gasteiger partial charge in [-0.25, -0.2) is 10.4 Å². The molecule has 0 bridgehead atoms. The summed E-state index contributed by atoms with van der Waals surface area (Å²) in [5.41, 5.74) is 4.96.